The van der Waals surface area contributed by atoms with Gasteiger partial charge in [-0.15, -0.1) is 0 Å². The van der Waals surface area contributed by atoms with Crippen LogP contribution in [-0.2, 0) is 4.79 Å². The van der Waals surface area contributed by atoms with Crippen LogP contribution in [0.3, 0.4) is 0 Å². The number of fused-ring (bicyclic) bond motifs is 1. The van der Waals surface area contributed by atoms with E-state index in [2.05, 4.69) is 10.3 Å². The predicted molar refractivity (Wildman–Crippen MR) is 74.1 cm³/mol. The first-order chi connectivity index (χ1) is 9.15. The number of phenols is 1. The van der Waals surface area contributed by atoms with Crippen LogP contribution in [0.15, 0.2) is 47.5 Å². The molecule has 0 radical (unpaired) electrons. The Hall–Kier alpha value is -2.62. The van der Waals surface area contributed by atoms with Gasteiger partial charge in [0, 0.05) is 5.56 Å². The van der Waals surface area contributed by atoms with Gasteiger partial charge in [-0.2, -0.15) is 0 Å². The SMILES string of the molecule is Cc1ccc(O)c(N=C2C(=O)Nc3ccccc32)c1. The maximum Gasteiger partial charge on any atom is 0.275 e. The smallest absolute Gasteiger partial charge is 0.275 e. The molecule has 0 unspecified atom stereocenters. The van der Waals surface area contributed by atoms with Gasteiger partial charge in [0.15, 0.2) is 0 Å². The molecule has 2 aromatic carbocycles. The number of nitrogens with one attached hydrogen (secondary N) is 1. The second-order valence-corrected chi connectivity index (χ2v) is 4.45. The lowest BCUT2D eigenvalue weighted by atomic mass is 10.1. The van der Waals surface area contributed by atoms with Crippen molar-refractivity contribution < 1.29 is 9.90 Å². The third-order valence-electron chi connectivity index (χ3n) is 3.01. The van der Waals surface area contributed by atoms with Crippen molar-refractivity contribution in [3.63, 3.8) is 0 Å². The second-order valence-electron chi connectivity index (χ2n) is 4.45. The van der Waals surface area contributed by atoms with E-state index in [1.165, 1.54) is 0 Å². The molecule has 0 saturated carbocycles. The lowest BCUT2D eigenvalue weighted by Crippen LogP contribution is -2.13. The number of carbonyl (C=O) groups is 1. The van der Waals surface area contributed by atoms with Gasteiger partial charge >= 0.3 is 0 Å². The molecule has 0 bridgehead atoms. The van der Waals surface area contributed by atoms with Gasteiger partial charge in [0.25, 0.3) is 5.91 Å². The monoisotopic (exact) mass is 252 g/mol. The molecule has 0 aliphatic carbocycles. The fourth-order valence-corrected chi connectivity index (χ4v) is 2.06. The zero-order chi connectivity index (χ0) is 13.4. The van der Waals surface area contributed by atoms with E-state index in [1.54, 1.807) is 18.2 Å². The second kappa shape index (κ2) is 4.24. The summed E-state index contributed by atoms with van der Waals surface area (Å²) in [6.45, 7) is 1.91. The molecule has 0 spiro atoms. The van der Waals surface area contributed by atoms with E-state index in [1.807, 2.05) is 31.2 Å². The maximum atomic E-state index is 11.9. The topological polar surface area (TPSA) is 61.7 Å². The molecule has 4 heteroatoms. The number of amides is 1. The number of para-hydroxylation sites is 1. The van der Waals surface area contributed by atoms with Crippen molar-refractivity contribution in [1.82, 2.24) is 0 Å². The molecule has 1 heterocycles. The minimum absolute atomic E-state index is 0.0651. The highest BCUT2D eigenvalue weighted by Gasteiger charge is 2.25. The summed E-state index contributed by atoms with van der Waals surface area (Å²) in [5.74, 6) is -0.183. The van der Waals surface area contributed by atoms with E-state index in [-0.39, 0.29) is 11.7 Å². The largest absolute Gasteiger partial charge is 0.506 e. The summed E-state index contributed by atoms with van der Waals surface area (Å²) in [6, 6.07) is 12.5. The summed E-state index contributed by atoms with van der Waals surface area (Å²) in [7, 11) is 0. The van der Waals surface area contributed by atoms with Gasteiger partial charge in [-0.05, 0) is 30.7 Å². The van der Waals surface area contributed by atoms with Gasteiger partial charge in [0.05, 0.1) is 5.69 Å². The van der Waals surface area contributed by atoms with Crippen molar-refractivity contribution >= 4 is 23.0 Å². The molecule has 0 atom stereocenters. The highest BCUT2D eigenvalue weighted by Crippen LogP contribution is 2.30. The van der Waals surface area contributed by atoms with Gasteiger partial charge in [0.2, 0.25) is 0 Å². The number of nitrogens with zero attached hydrogens (tertiary/aromatic N) is 1. The van der Waals surface area contributed by atoms with Gasteiger partial charge in [-0.1, -0.05) is 24.3 Å². The van der Waals surface area contributed by atoms with Crippen LogP contribution in [-0.4, -0.2) is 16.7 Å². The summed E-state index contributed by atoms with van der Waals surface area (Å²) in [5.41, 5.74) is 3.22. The molecule has 0 fully saturated rings. The quantitative estimate of drug-likeness (QED) is 0.819. The van der Waals surface area contributed by atoms with Crippen molar-refractivity contribution in [1.29, 1.82) is 0 Å². The van der Waals surface area contributed by atoms with Crippen molar-refractivity contribution in [3.8, 4) is 5.75 Å². The van der Waals surface area contributed by atoms with E-state index in [9.17, 15) is 9.90 Å². The summed E-state index contributed by atoms with van der Waals surface area (Å²) < 4.78 is 0. The third-order valence-corrected chi connectivity index (χ3v) is 3.01. The Bertz CT molecular complexity index is 705. The first-order valence-corrected chi connectivity index (χ1v) is 5.94. The number of aromatic hydroxyl groups is 1. The van der Waals surface area contributed by atoms with Gasteiger partial charge in [-0.3, -0.25) is 4.79 Å². The van der Waals surface area contributed by atoms with Gasteiger partial charge < -0.3 is 10.4 Å². The van der Waals surface area contributed by atoms with Crippen LogP contribution in [0.2, 0.25) is 0 Å². The molecule has 3 rings (SSSR count). The Balaban J connectivity index is 2.14. The standard InChI is InChI=1S/C15H12N2O2/c1-9-6-7-13(18)12(8-9)16-14-10-4-2-3-5-11(10)17-15(14)19/h2-8,18H,1H3,(H,16,17,19). The summed E-state index contributed by atoms with van der Waals surface area (Å²) in [5, 5.41) is 12.5. The number of aryl methyl sites for hydroxylation is 1. The molecule has 2 N–H and O–H groups in total. The summed E-state index contributed by atoms with van der Waals surface area (Å²) in [6.07, 6.45) is 0. The van der Waals surface area contributed by atoms with E-state index in [0.29, 0.717) is 11.4 Å². The van der Waals surface area contributed by atoms with E-state index >= 15 is 0 Å². The van der Waals surface area contributed by atoms with Crippen LogP contribution in [0.25, 0.3) is 0 Å². The number of phenolic OH excluding ortho intramolecular Hbond substituents is 1. The fraction of sp³-hybridized carbons (Fsp3) is 0.0667. The zero-order valence-electron chi connectivity index (χ0n) is 10.3. The van der Waals surface area contributed by atoms with Crippen LogP contribution < -0.4 is 5.32 Å². The summed E-state index contributed by atoms with van der Waals surface area (Å²) >= 11 is 0. The minimum atomic E-state index is -0.248. The van der Waals surface area contributed by atoms with Crippen LogP contribution in [0, 0.1) is 6.92 Å². The van der Waals surface area contributed by atoms with Crippen molar-refractivity contribution in [3.05, 3.63) is 53.6 Å². The van der Waals surface area contributed by atoms with E-state index in [4.69, 9.17) is 0 Å². The fourth-order valence-electron chi connectivity index (χ4n) is 2.06. The lowest BCUT2D eigenvalue weighted by molar-refractivity contribution is -0.110. The lowest BCUT2D eigenvalue weighted by Gasteiger charge is -2.02. The molecule has 1 aliphatic heterocycles. The Morgan fingerprint density at radius 1 is 1.16 bits per heavy atom. The molecular formula is C15H12N2O2. The molecule has 0 aromatic heterocycles. The van der Waals surface area contributed by atoms with Crippen molar-refractivity contribution in [2.24, 2.45) is 4.99 Å². The molecule has 1 amide bonds. The Morgan fingerprint density at radius 2 is 1.95 bits per heavy atom. The molecule has 2 aromatic rings. The van der Waals surface area contributed by atoms with Crippen molar-refractivity contribution in [2.75, 3.05) is 5.32 Å². The van der Waals surface area contributed by atoms with Crippen LogP contribution in [0.1, 0.15) is 11.1 Å². The Morgan fingerprint density at radius 3 is 2.79 bits per heavy atom. The normalized spacial score (nSPS) is 15.4. The number of rotatable bonds is 1. The minimum Gasteiger partial charge on any atom is -0.506 e. The molecule has 1 aliphatic rings. The number of benzene rings is 2. The predicted octanol–water partition coefficient (Wildman–Crippen LogP) is 2.77. The highest BCUT2D eigenvalue weighted by molar-refractivity contribution is 6.54. The third kappa shape index (κ3) is 1.97. The summed E-state index contributed by atoms with van der Waals surface area (Å²) in [4.78, 5) is 16.2. The number of hydrogen-bond donors (Lipinski definition) is 2. The van der Waals surface area contributed by atoms with Gasteiger partial charge in [-0.25, -0.2) is 4.99 Å². The number of anilines is 1. The Labute approximate surface area is 110 Å². The first-order valence-electron chi connectivity index (χ1n) is 5.94. The average molecular weight is 252 g/mol. The maximum absolute atomic E-state index is 11.9. The van der Waals surface area contributed by atoms with Crippen molar-refractivity contribution in [2.45, 2.75) is 6.92 Å². The molecule has 19 heavy (non-hydrogen) atoms. The number of hydrogen-bond acceptors (Lipinski definition) is 3. The molecule has 4 nitrogen and oxygen atoms in total. The molecular weight excluding hydrogens is 240 g/mol. The molecule has 0 saturated heterocycles. The van der Waals surface area contributed by atoms with E-state index < -0.39 is 0 Å². The number of aliphatic imine (C=N–C) groups is 1. The van der Waals surface area contributed by atoms with Crippen LogP contribution >= 0.6 is 0 Å². The first kappa shape index (κ1) is 11.5. The van der Waals surface area contributed by atoms with Crippen LogP contribution in [0.5, 0.6) is 5.75 Å². The van der Waals surface area contributed by atoms with E-state index in [0.717, 1.165) is 16.8 Å². The van der Waals surface area contributed by atoms with Gasteiger partial charge in [0.1, 0.15) is 17.1 Å². The molecule has 94 valence electrons. The Kier molecular flexibility index (Phi) is 2.56. The average Bonchev–Trinajstić information content (AvgIpc) is 2.71. The zero-order valence-corrected chi connectivity index (χ0v) is 10.3. The number of carbonyl (C=O) groups excluding carboxylic acids is 1. The van der Waals surface area contributed by atoms with Crippen LogP contribution in [0.4, 0.5) is 11.4 Å². The highest BCUT2D eigenvalue weighted by atomic mass is 16.3.